The van der Waals surface area contributed by atoms with E-state index in [2.05, 4.69) is 4.98 Å². The molecule has 2 nitrogen and oxygen atoms in total. The first-order valence-electron chi connectivity index (χ1n) is 6.47. The highest BCUT2D eigenvalue weighted by Gasteiger charge is 2.07. The fourth-order valence-corrected chi connectivity index (χ4v) is 2.17. The summed E-state index contributed by atoms with van der Waals surface area (Å²) in [4.78, 5) is 4.44. The summed E-state index contributed by atoms with van der Waals surface area (Å²) in [5, 5.41) is 9.29. The molecule has 0 aliphatic rings. The Morgan fingerprint density at radius 1 is 0.700 bits per heavy atom. The zero-order valence-corrected chi connectivity index (χ0v) is 10.9. The van der Waals surface area contributed by atoms with E-state index in [1.807, 2.05) is 72.8 Å². The quantitative estimate of drug-likeness (QED) is 0.732. The molecule has 3 aromatic rings. The molecule has 0 aliphatic carbocycles. The molecule has 0 spiro atoms. The van der Waals surface area contributed by atoms with Crippen LogP contribution in [0.3, 0.4) is 0 Å². The second-order valence-corrected chi connectivity index (χ2v) is 4.53. The zero-order valence-electron chi connectivity index (χ0n) is 10.9. The Balaban J connectivity index is 2.13. The molecule has 1 heterocycles. The lowest BCUT2D eigenvalue weighted by Crippen LogP contribution is -2.18. The van der Waals surface area contributed by atoms with Crippen LogP contribution in [0.5, 0.6) is 0 Å². The maximum absolute atomic E-state index is 9.29. The third kappa shape index (κ3) is 2.63. The van der Waals surface area contributed by atoms with Crippen LogP contribution in [0.15, 0.2) is 72.8 Å². The van der Waals surface area contributed by atoms with Crippen molar-refractivity contribution < 1.29 is 5.02 Å². The topological polar surface area (TPSA) is 33.1 Å². The van der Waals surface area contributed by atoms with Crippen molar-refractivity contribution in [3.8, 4) is 22.4 Å². The average molecular weight is 258 g/mol. The molecule has 0 atom stereocenters. The second kappa shape index (κ2) is 5.72. The van der Waals surface area contributed by atoms with Crippen LogP contribution >= 0.6 is 0 Å². The summed E-state index contributed by atoms with van der Waals surface area (Å²) in [7, 11) is 1.04. The number of hydrogen-bond acceptors (Lipinski definition) is 2. The van der Waals surface area contributed by atoms with E-state index in [4.69, 9.17) is 0 Å². The van der Waals surface area contributed by atoms with Crippen molar-refractivity contribution in [1.29, 1.82) is 0 Å². The maximum Gasteiger partial charge on any atom is 0.348 e. The standard InChI is InChI=1S/C17H13BNO/c20-18-17-12-15(13-7-3-1-4-8-13)11-16(19-17)14-9-5-2-6-10-14/h1-12,20H. The Morgan fingerprint density at radius 3 is 1.90 bits per heavy atom. The van der Waals surface area contributed by atoms with E-state index in [-0.39, 0.29) is 0 Å². The first kappa shape index (κ1) is 12.6. The van der Waals surface area contributed by atoms with Gasteiger partial charge in [-0.3, -0.25) is 4.98 Å². The molecule has 0 saturated carbocycles. The van der Waals surface area contributed by atoms with Crippen molar-refractivity contribution in [3.63, 3.8) is 0 Å². The lowest BCUT2D eigenvalue weighted by molar-refractivity contribution is 0.614. The monoisotopic (exact) mass is 258 g/mol. The molecule has 3 rings (SSSR count). The van der Waals surface area contributed by atoms with Crippen LogP contribution in [0.1, 0.15) is 0 Å². The average Bonchev–Trinajstić information content (AvgIpc) is 2.56. The molecular formula is C17H13BNO. The third-order valence-electron chi connectivity index (χ3n) is 3.15. The van der Waals surface area contributed by atoms with Gasteiger partial charge in [0.05, 0.1) is 5.69 Å². The lowest BCUT2D eigenvalue weighted by atomic mass is 9.91. The van der Waals surface area contributed by atoms with Crippen molar-refractivity contribution in [2.75, 3.05) is 0 Å². The predicted molar refractivity (Wildman–Crippen MR) is 82.7 cm³/mol. The van der Waals surface area contributed by atoms with E-state index in [1.54, 1.807) is 0 Å². The molecule has 0 fully saturated rings. The molecule has 1 radical (unpaired) electrons. The molecule has 0 unspecified atom stereocenters. The summed E-state index contributed by atoms with van der Waals surface area (Å²) in [5.41, 5.74) is 4.60. The first-order valence-corrected chi connectivity index (χ1v) is 6.47. The molecular weight excluding hydrogens is 245 g/mol. The summed E-state index contributed by atoms with van der Waals surface area (Å²) in [5.74, 6) is 0. The minimum Gasteiger partial charge on any atom is -0.449 e. The van der Waals surface area contributed by atoms with Gasteiger partial charge in [0.2, 0.25) is 0 Å². The number of aromatic nitrogens is 1. The van der Waals surface area contributed by atoms with Crippen LogP contribution in [0.4, 0.5) is 0 Å². The second-order valence-electron chi connectivity index (χ2n) is 4.53. The summed E-state index contributed by atoms with van der Waals surface area (Å²) >= 11 is 0. The molecule has 95 valence electrons. The molecule has 0 saturated heterocycles. The molecule has 3 heteroatoms. The van der Waals surface area contributed by atoms with Crippen molar-refractivity contribution >= 4 is 13.1 Å². The van der Waals surface area contributed by atoms with E-state index in [1.165, 1.54) is 0 Å². The highest BCUT2D eigenvalue weighted by atomic mass is 16.2. The van der Waals surface area contributed by atoms with Gasteiger partial charge < -0.3 is 5.02 Å². The Labute approximate surface area is 119 Å². The van der Waals surface area contributed by atoms with E-state index >= 15 is 0 Å². The Kier molecular flexibility index (Phi) is 3.61. The number of nitrogens with zero attached hydrogens (tertiary/aromatic N) is 1. The van der Waals surface area contributed by atoms with Crippen LogP contribution in [0.2, 0.25) is 0 Å². The molecule has 20 heavy (non-hydrogen) atoms. The van der Waals surface area contributed by atoms with Gasteiger partial charge in [-0.2, -0.15) is 0 Å². The lowest BCUT2D eigenvalue weighted by Gasteiger charge is -2.08. The highest BCUT2D eigenvalue weighted by Crippen LogP contribution is 2.23. The SMILES string of the molecule is O[B]c1cc(-c2ccccc2)cc(-c2ccccc2)n1. The minimum atomic E-state index is 0.560. The highest BCUT2D eigenvalue weighted by molar-refractivity contribution is 6.44. The summed E-state index contributed by atoms with van der Waals surface area (Å²) in [6.07, 6.45) is 0. The molecule has 0 aliphatic heterocycles. The largest absolute Gasteiger partial charge is 0.449 e. The number of benzene rings is 2. The molecule has 1 N–H and O–H groups in total. The number of pyridine rings is 1. The minimum absolute atomic E-state index is 0.560. The van der Waals surface area contributed by atoms with Gasteiger partial charge in [-0.25, -0.2) is 0 Å². The van der Waals surface area contributed by atoms with Crippen molar-refractivity contribution in [2.45, 2.75) is 0 Å². The number of hydrogen-bond donors (Lipinski definition) is 1. The van der Waals surface area contributed by atoms with E-state index < -0.39 is 0 Å². The van der Waals surface area contributed by atoms with Gasteiger partial charge in [0.15, 0.2) is 0 Å². The van der Waals surface area contributed by atoms with E-state index in [0.717, 1.165) is 29.9 Å². The molecule has 0 amide bonds. The smallest absolute Gasteiger partial charge is 0.348 e. The third-order valence-corrected chi connectivity index (χ3v) is 3.15. The van der Waals surface area contributed by atoms with Gasteiger partial charge in [-0.05, 0) is 23.3 Å². The fraction of sp³-hybridized carbons (Fsp3) is 0. The van der Waals surface area contributed by atoms with Crippen LogP contribution in [-0.2, 0) is 0 Å². The van der Waals surface area contributed by atoms with E-state index in [0.29, 0.717) is 5.59 Å². The van der Waals surface area contributed by atoms with Crippen LogP contribution in [-0.4, -0.2) is 17.5 Å². The Morgan fingerprint density at radius 2 is 1.30 bits per heavy atom. The molecule has 1 aromatic heterocycles. The van der Waals surface area contributed by atoms with Gasteiger partial charge in [-0.15, -0.1) is 0 Å². The molecule has 0 bridgehead atoms. The van der Waals surface area contributed by atoms with Gasteiger partial charge in [-0.1, -0.05) is 60.7 Å². The number of rotatable bonds is 3. The molecule has 2 aromatic carbocycles. The summed E-state index contributed by atoms with van der Waals surface area (Å²) in [6.45, 7) is 0. The van der Waals surface area contributed by atoms with Gasteiger partial charge in [0.1, 0.15) is 0 Å². The van der Waals surface area contributed by atoms with Crippen LogP contribution in [0, 0.1) is 0 Å². The van der Waals surface area contributed by atoms with E-state index in [9.17, 15) is 5.02 Å². The van der Waals surface area contributed by atoms with Crippen molar-refractivity contribution in [3.05, 3.63) is 72.8 Å². The predicted octanol–water partition coefficient (Wildman–Crippen LogP) is 2.65. The van der Waals surface area contributed by atoms with Crippen LogP contribution in [0.25, 0.3) is 22.4 Å². The van der Waals surface area contributed by atoms with Gasteiger partial charge >= 0.3 is 7.48 Å². The normalized spacial score (nSPS) is 10.2. The first-order chi connectivity index (χ1) is 9.86. The fourth-order valence-electron chi connectivity index (χ4n) is 2.17. The van der Waals surface area contributed by atoms with Gasteiger partial charge in [0, 0.05) is 11.2 Å². The Bertz CT molecular complexity index is 641. The summed E-state index contributed by atoms with van der Waals surface area (Å²) < 4.78 is 0. The zero-order chi connectivity index (χ0) is 13.8. The summed E-state index contributed by atoms with van der Waals surface area (Å²) in [6, 6.07) is 24.0. The van der Waals surface area contributed by atoms with Gasteiger partial charge in [0.25, 0.3) is 0 Å². The van der Waals surface area contributed by atoms with Crippen molar-refractivity contribution in [2.24, 2.45) is 0 Å². The Hall–Kier alpha value is -2.39. The maximum atomic E-state index is 9.29. The van der Waals surface area contributed by atoms with Crippen molar-refractivity contribution in [1.82, 2.24) is 4.98 Å². The van der Waals surface area contributed by atoms with Crippen LogP contribution < -0.4 is 5.59 Å².